The predicted octanol–water partition coefficient (Wildman–Crippen LogP) is 1.42. The van der Waals surface area contributed by atoms with Gasteiger partial charge in [-0.15, -0.1) is 0 Å². The average Bonchev–Trinajstić information content (AvgIpc) is 3.16. The lowest BCUT2D eigenvalue weighted by atomic mass is 10.1. The van der Waals surface area contributed by atoms with Gasteiger partial charge in [0, 0.05) is 0 Å². The summed E-state index contributed by atoms with van der Waals surface area (Å²) in [7, 11) is -12.8. The molecule has 194 valence electrons. The highest BCUT2D eigenvalue weighted by Gasteiger charge is 2.70. The number of ether oxygens (including phenoxy) is 2. The molecular formula is C17H17F6N3O7S2+2. The Morgan fingerprint density at radius 3 is 1.94 bits per heavy atom. The van der Waals surface area contributed by atoms with Gasteiger partial charge in [-0.25, -0.2) is 9.55 Å². The highest BCUT2D eigenvalue weighted by molar-refractivity contribution is 7.98. The summed E-state index contributed by atoms with van der Waals surface area (Å²) in [6.07, 6.45) is 2.24. The Bertz CT molecular complexity index is 1270. The van der Waals surface area contributed by atoms with E-state index in [1.807, 2.05) is 0 Å². The highest BCUT2D eigenvalue weighted by atomic mass is 32.3. The number of esters is 1. The van der Waals surface area contributed by atoms with Crippen molar-refractivity contribution in [3.05, 3.63) is 54.1 Å². The van der Waals surface area contributed by atoms with Crippen LogP contribution in [0.15, 0.2) is 42.7 Å². The average molecular weight is 553 g/mol. The fraction of sp³-hybridized carbons (Fsp3) is 0.353. The maximum atomic E-state index is 13.4. The number of nitrogens with zero attached hydrogens (tertiary/aromatic N) is 2. The molecule has 1 aromatic heterocycles. The Labute approximate surface area is 194 Å². The maximum Gasteiger partial charge on any atom is 0.561 e. The van der Waals surface area contributed by atoms with E-state index in [0.29, 0.717) is 7.11 Å². The molecule has 0 aliphatic rings. The molecule has 1 atom stereocenters. The van der Waals surface area contributed by atoms with Gasteiger partial charge < -0.3 is 9.47 Å². The van der Waals surface area contributed by atoms with E-state index in [0.717, 1.165) is 17.0 Å². The number of nitrogens with one attached hydrogen (secondary N) is 1. The zero-order chi connectivity index (χ0) is 26.8. The maximum absolute atomic E-state index is 13.4. The van der Waals surface area contributed by atoms with Crippen LogP contribution in [0, 0.1) is 0 Å². The first-order valence-electron chi connectivity index (χ1n) is 9.04. The molecule has 10 nitrogen and oxygen atoms in total. The normalized spacial score (nSPS) is 13.7. The standard InChI is InChI=1S/C17H16F6N3O7S2/c1-25-9-8-24-13(25)12(15(27)32-2)14(33-10-11-6-4-3-5-7-11)26(34(28,29)16(18,19)20)35(30,31)17(21,22)23/h3-9,12H,10H2,1-2H3/q+1/p+1/t12-/m0/s1. The lowest BCUT2D eigenvalue weighted by Crippen LogP contribution is -2.50. The zero-order valence-electron chi connectivity index (χ0n) is 17.7. The number of carbonyl (C=O) groups is 1. The van der Waals surface area contributed by atoms with Gasteiger partial charge in [-0.05, 0) is 5.56 Å². The predicted molar refractivity (Wildman–Crippen MR) is 103 cm³/mol. The van der Waals surface area contributed by atoms with Gasteiger partial charge >= 0.3 is 42.9 Å². The third-order valence-electron chi connectivity index (χ3n) is 4.30. The fourth-order valence-corrected chi connectivity index (χ4v) is 5.38. The van der Waals surface area contributed by atoms with Crippen LogP contribution in [0.3, 0.4) is 0 Å². The van der Waals surface area contributed by atoms with Crippen LogP contribution in [-0.4, -0.2) is 55.2 Å². The molecule has 18 heteroatoms. The first kappa shape index (κ1) is 28.1. The molecule has 1 heterocycles. The molecule has 0 spiro atoms. The fourth-order valence-electron chi connectivity index (χ4n) is 2.68. The first-order valence-corrected chi connectivity index (χ1v) is 11.9. The molecular weight excluding hydrogens is 536 g/mol. The lowest BCUT2D eigenvalue weighted by molar-refractivity contribution is -0.678. The largest absolute Gasteiger partial charge is 0.561 e. The number of rotatable bonds is 7. The van der Waals surface area contributed by atoms with E-state index in [2.05, 4.69) is 9.72 Å². The quantitative estimate of drug-likeness (QED) is 0.181. The van der Waals surface area contributed by atoms with E-state index in [1.54, 1.807) is 0 Å². The topological polar surface area (TPSA) is 126 Å². The van der Waals surface area contributed by atoms with E-state index in [-0.39, 0.29) is 5.56 Å². The number of aromatic nitrogens is 2. The Hall–Kier alpha value is -3.15. The SMILES string of the molecule is COC(=O)[C@H](C(OCc1ccccc1)=[N+](S(=O)(=O)C(F)(F)F)S(=O)(=O)C(F)(F)F)c1[nH]cc[n+]1C. The number of imidazole rings is 1. The summed E-state index contributed by atoms with van der Waals surface area (Å²) in [4.78, 5) is 14.9. The Morgan fingerprint density at radius 2 is 1.54 bits per heavy atom. The molecule has 2 rings (SSSR count). The van der Waals surface area contributed by atoms with Crippen molar-refractivity contribution in [1.29, 1.82) is 0 Å². The lowest BCUT2D eigenvalue weighted by Gasteiger charge is -2.16. The number of carbonyl (C=O) groups excluding carboxylic acids is 1. The molecule has 0 radical (unpaired) electrons. The number of halogens is 6. The smallest absolute Gasteiger partial charge is 0.468 e. The van der Waals surface area contributed by atoms with Gasteiger partial charge in [-0.1, -0.05) is 30.3 Å². The molecule has 0 aliphatic heterocycles. The van der Waals surface area contributed by atoms with Gasteiger partial charge in [0.2, 0.25) is 0 Å². The number of aryl methyl sites for hydroxylation is 1. The van der Waals surface area contributed by atoms with Crippen LogP contribution in [0.5, 0.6) is 0 Å². The molecule has 0 fully saturated rings. The van der Waals surface area contributed by atoms with Crippen molar-refractivity contribution in [2.75, 3.05) is 7.11 Å². The minimum absolute atomic E-state index is 0.0817. The van der Waals surface area contributed by atoms with Crippen molar-refractivity contribution in [2.45, 2.75) is 23.5 Å². The molecule has 0 saturated carbocycles. The van der Waals surface area contributed by atoms with E-state index in [9.17, 15) is 48.0 Å². The summed E-state index contributed by atoms with van der Waals surface area (Å²) in [6.45, 7) is -0.925. The van der Waals surface area contributed by atoms with Crippen molar-refractivity contribution in [1.82, 2.24) is 4.98 Å². The Morgan fingerprint density at radius 1 is 1.03 bits per heavy atom. The third kappa shape index (κ3) is 5.58. The van der Waals surface area contributed by atoms with Gasteiger partial charge in [-0.2, -0.15) is 43.2 Å². The van der Waals surface area contributed by atoms with Gasteiger partial charge in [0.1, 0.15) is 19.0 Å². The molecule has 0 aliphatic carbocycles. The van der Waals surface area contributed by atoms with Crippen LogP contribution in [0.1, 0.15) is 17.3 Å². The molecule has 1 N–H and O–H groups in total. The van der Waals surface area contributed by atoms with Crippen LogP contribution in [0.2, 0.25) is 0 Å². The number of H-pyrrole nitrogens is 1. The van der Waals surface area contributed by atoms with Gasteiger partial charge in [0.25, 0.3) is 11.7 Å². The number of alkyl halides is 6. The van der Waals surface area contributed by atoms with E-state index >= 15 is 0 Å². The highest BCUT2D eigenvalue weighted by Crippen LogP contribution is 2.34. The minimum atomic E-state index is -7.34. The van der Waals surface area contributed by atoms with E-state index in [1.165, 1.54) is 37.4 Å². The van der Waals surface area contributed by atoms with Crippen LogP contribution < -0.4 is 4.57 Å². The second kappa shape index (κ2) is 9.84. The van der Waals surface area contributed by atoms with Crippen molar-refractivity contribution in [3.63, 3.8) is 0 Å². The Kier molecular flexibility index (Phi) is 7.90. The van der Waals surface area contributed by atoms with Gasteiger partial charge in [0.05, 0.1) is 17.5 Å². The molecule has 0 saturated heterocycles. The second-order valence-electron chi connectivity index (χ2n) is 6.62. The number of hydrogen-bond acceptors (Lipinski definition) is 7. The summed E-state index contributed by atoms with van der Waals surface area (Å²) in [5.41, 5.74) is -13.0. The number of benzene rings is 1. The molecule has 0 bridgehead atoms. The van der Waals surface area contributed by atoms with Crippen LogP contribution in [-0.2, 0) is 48.0 Å². The summed E-state index contributed by atoms with van der Waals surface area (Å²) < 4.78 is 138. The number of sulfonamides is 2. The van der Waals surface area contributed by atoms with Crippen molar-refractivity contribution >= 4 is 31.9 Å². The summed E-state index contributed by atoms with van der Waals surface area (Å²) >= 11 is 0. The molecule has 35 heavy (non-hydrogen) atoms. The van der Waals surface area contributed by atoms with Gasteiger partial charge in [0.15, 0.2) is 0 Å². The second-order valence-corrected chi connectivity index (χ2v) is 10.4. The summed E-state index contributed by atoms with van der Waals surface area (Å²) in [6, 6.07) is 6.88. The summed E-state index contributed by atoms with van der Waals surface area (Å²) in [5, 5.41) is 0. The van der Waals surface area contributed by atoms with Crippen molar-refractivity contribution in [2.24, 2.45) is 7.05 Å². The number of aromatic amines is 1. The van der Waals surface area contributed by atoms with Crippen molar-refractivity contribution < 1.29 is 65.4 Å². The number of methoxy groups -OCH3 is 1. The molecule has 0 amide bonds. The molecule has 1 aromatic carbocycles. The molecule has 0 unspecified atom stereocenters. The molecule has 2 aromatic rings. The minimum Gasteiger partial charge on any atom is -0.468 e. The van der Waals surface area contributed by atoms with Gasteiger partial charge in [-0.3, -0.25) is 4.79 Å². The van der Waals surface area contributed by atoms with Crippen LogP contribution in [0.4, 0.5) is 26.3 Å². The zero-order valence-corrected chi connectivity index (χ0v) is 19.3. The number of hydrogen-bond donors (Lipinski definition) is 1. The van der Waals surface area contributed by atoms with E-state index in [4.69, 9.17) is 4.74 Å². The van der Waals surface area contributed by atoms with Crippen LogP contribution >= 0.6 is 0 Å². The van der Waals surface area contributed by atoms with Crippen molar-refractivity contribution in [3.8, 4) is 0 Å². The monoisotopic (exact) mass is 553 g/mol. The third-order valence-corrected chi connectivity index (χ3v) is 7.88. The Balaban J connectivity index is 3.06. The van der Waals surface area contributed by atoms with E-state index < -0.39 is 64.7 Å². The summed E-state index contributed by atoms with van der Waals surface area (Å²) in [5.74, 6) is -6.75. The van der Waals surface area contributed by atoms with Crippen LogP contribution in [0.25, 0.3) is 0 Å². The first-order chi connectivity index (χ1) is 16.0.